The van der Waals surface area contributed by atoms with Gasteiger partial charge < -0.3 is 14.3 Å². The molecule has 3 rings (SSSR count). The number of carbonyl (C=O) groups is 1. The predicted molar refractivity (Wildman–Crippen MR) is 99.1 cm³/mol. The summed E-state index contributed by atoms with van der Waals surface area (Å²) in [5, 5.41) is 12.1. The maximum Gasteiger partial charge on any atom is 0.237 e. The highest BCUT2D eigenvalue weighted by molar-refractivity contribution is 8.00. The molecule has 0 saturated heterocycles. The number of rotatable bonds is 5. The standard InChI is InChI=1S/C16H14Cl2N4O2S/c1-9(15(23)19-12-8-10(17)5-6-11(12)18)25-16-21-20-14(22(16)2)13-4-3-7-24-13/h3-9H,1-2H3,(H,19,23)/t9-/m1/s1. The number of aromatic nitrogens is 3. The molecule has 0 unspecified atom stereocenters. The molecule has 0 fully saturated rings. The first-order chi connectivity index (χ1) is 12.0. The number of nitrogens with zero attached hydrogens (tertiary/aromatic N) is 3. The summed E-state index contributed by atoms with van der Waals surface area (Å²) in [6, 6.07) is 8.48. The van der Waals surface area contributed by atoms with Crippen molar-refractivity contribution in [2.45, 2.75) is 17.3 Å². The number of furan rings is 1. The normalized spacial score (nSPS) is 12.2. The monoisotopic (exact) mass is 396 g/mol. The first kappa shape index (κ1) is 17.8. The summed E-state index contributed by atoms with van der Waals surface area (Å²) in [6.45, 7) is 1.78. The zero-order chi connectivity index (χ0) is 18.0. The summed E-state index contributed by atoms with van der Waals surface area (Å²) < 4.78 is 7.11. The zero-order valence-corrected chi connectivity index (χ0v) is 15.7. The summed E-state index contributed by atoms with van der Waals surface area (Å²) in [5.41, 5.74) is 0.473. The van der Waals surface area contributed by atoms with Crippen LogP contribution in [-0.2, 0) is 11.8 Å². The lowest BCUT2D eigenvalue weighted by molar-refractivity contribution is -0.115. The Hall–Kier alpha value is -1.96. The van der Waals surface area contributed by atoms with Crippen LogP contribution in [0.1, 0.15) is 6.92 Å². The van der Waals surface area contributed by atoms with Crippen LogP contribution in [0.15, 0.2) is 46.2 Å². The van der Waals surface area contributed by atoms with Gasteiger partial charge in [0.1, 0.15) is 0 Å². The minimum absolute atomic E-state index is 0.211. The van der Waals surface area contributed by atoms with Crippen molar-refractivity contribution in [3.05, 3.63) is 46.6 Å². The number of benzene rings is 1. The van der Waals surface area contributed by atoms with Crippen LogP contribution >= 0.6 is 35.0 Å². The Morgan fingerprint density at radius 3 is 2.84 bits per heavy atom. The van der Waals surface area contributed by atoms with Crippen LogP contribution in [0.25, 0.3) is 11.6 Å². The molecule has 1 N–H and O–H groups in total. The van der Waals surface area contributed by atoms with Gasteiger partial charge in [-0.3, -0.25) is 4.79 Å². The van der Waals surface area contributed by atoms with E-state index in [2.05, 4.69) is 15.5 Å². The van der Waals surface area contributed by atoms with Crippen LogP contribution < -0.4 is 5.32 Å². The van der Waals surface area contributed by atoms with Crippen molar-refractivity contribution in [2.24, 2.45) is 7.05 Å². The van der Waals surface area contributed by atoms with Crippen molar-refractivity contribution < 1.29 is 9.21 Å². The molecule has 9 heteroatoms. The highest BCUT2D eigenvalue weighted by Gasteiger charge is 2.21. The van der Waals surface area contributed by atoms with Crippen LogP contribution in [-0.4, -0.2) is 25.9 Å². The summed E-state index contributed by atoms with van der Waals surface area (Å²) in [4.78, 5) is 12.4. The Morgan fingerprint density at radius 2 is 2.12 bits per heavy atom. The van der Waals surface area contributed by atoms with Gasteiger partial charge >= 0.3 is 0 Å². The van der Waals surface area contributed by atoms with E-state index in [-0.39, 0.29) is 5.91 Å². The van der Waals surface area contributed by atoms with Gasteiger partial charge in [0.05, 0.1) is 22.2 Å². The van der Waals surface area contributed by atoms with Crippen LogP contribution in [0, 0.1) is 0 Å². The SMILES string of the molecule is C[C@@H](Sc1nnc(-c2ccco2)n1C)C(=O)Nc1cc(Cl)ccc1Cl. The molecule has 0 saturated carbocycles. The molecule has 0 aliphatic rings. The topological polar surface area (TPSA) is 73.0 Å². The van der Waals surface area contributed by atoms with E-state index in [1.54, 1.807) is 48.1 Å². The minimum atomic E-state index is -0.414. The predicted octanol–water partition coefficient (Wildman–Crippen LogP) is 4.50. The van der Waals surface area contributed by atoms with Gasteiger partial charge in [-0.1, -0.05) is 35.0 Å². The fourth-order valence-corrected chi connectivity index (χ4v) is 3.23. The molecule has 0 aliphatic heterocycles. The Bertz CT molecular complexity index is 896. The van der Waals surface area contributed by atoms with Crippen molar-refractivity contribution >= 4 is 46.6 Å². The fourth-order valence-electron chi connectivity index (χ4n) is 2.08. The van der Waals surface area contributed by atoms with E-state index in [0.717, 1.165) is 0 Å². The highest BCUT2D eigenvalue weighted by atomic mass is 35.5. The molecule has 0 bridgehead atoms. The first-order valence-electron chi connectivity index (χ1n) is 7.31. The maximum atomic E-state index is 12.4. The van der Waals surface area contributed by atoms with Crippen molar-refractivity contribution in [1.29, 1.82) is 0 Å². The number of hydrogen-bond acceptors (Lipinski definition) is 5. The lowest BCUT2D eigenvalue weighted by Crippen LogP contribution is -2.23. The molecule has 0 spiro atoms. The second kappa shape index (κ2) is 7.51. The quantitative estimate of drug-likeness (QED) is 0.642. The van der Waals surface area contributed by atoms with Crippen LogP contribution in [0.4, 0.5) is 5.69 Å². The van der Waals surface area contributed by atoms with Gasteiger partial charge in [0.15, 0.2) is 16.7 Å². The molecular formula is C16H14Cl2N4O2S. The van der Waals surface area contributed by atoms with Gasteiger partial charge in [-0.2, -0.15) is 0 Å². The number of nitrogens with one attached hydrogen (secondary N) is 1. The van der Waals surface area contributed by atoms with Crippen molar-refractivity contribution in [2.75, 3.05) is 5.32 Å². The fraction of sp³-hybridized carbons (Fsp3) is 0.188. The molecule has 1 amide bonds. The Balaban J connectivity index is 1.71. The van der Waals surface area contributed by atoms with E-state index in [1.807, 2.05) is 7.05 Å². The average Bonchev–Trinajstić information content (AvgIpc) is 3.21. The van der Waals surface area contributed by atoms with Gasteiger partial charge in [-0.25, -0.2) is 0 Å². The number of hydrogen-bond donors (Lipinski definition) is 1. The van der Waals surface area contributed by atoms with Gasteiger partial charge in [0.2, 0.25) is 5.91 Å². The largest absolute Gasteiger partial charge is 0.461 e. The van der Waals surface area contributed by atoms with E-state index >= 15 is 0 Å². The van der Waals surface area contributed by atoms with Crippen molar-refractivity contribution in [3.63, 3.8) is 0 Å². The van der Waals surface area contributed by atoms with Crippen LogP contribution in [0.5, 0.6) is 0 Å². The summed E-state index contributed by atoms with van der Waals surface area (Å²) in [7, 11) is 1.82. The van der Waals surface area contributed by atoms with Crippen LogP contribution in [0.2, 0.25) is 10.0 Å². The van der Waals surface area contributed by atoms with E-state index in [9.17, 15) is 4.79 Å². The molecule has 3 aromatic rings. The van der Waals surface area contributed by atoms with Crippen LogP contribution in [0.3, 0.4) is 0 Å². The summed E-state index contributed by atoms with van der Waals surface area (Å²) in [5.74, 6) is 0.999. The summed E-state index contributed by atoms with van der Waals surface area (Å²) >= 11 is 13.3. The molecule has 0 aliphatic carbocycles. The second-order valence-corrected chi connectivity index (χ2v) is 7.37. The highest BCUT2D eigenvalue weighted by Crippen LogP contribution is 2.29. The Morgan fingerprint density at radius 1 is 1.32 bits per heavy atom. The van der Waals surface area contributed by atoms with Gasteiger partial charge in [0.25, 0.3) is 0 Å². The van der Waals surface area contributed by atoms with Gasteiger partial charge in [-0.05, 0) is 37.3 Å². The number of thioether (sulfide) groups is 1. The number of carbonyl (C=O) groups excluding carboxylic acids is 1. The van der Waals surface area contributed by atoms with Gasteiger partial charge in [0, 0.05) is 12.1 Å². The molecule has 0 radical (unpaired) electrons. The van der Waals surface area contributed by atoms with Crippen molar-refractivity contribution in [3.8, 4) is 11.6 Å². The maximum absolute atomic E-state index is 12.4. The molecule has 1 aromatic carbocycles. The lowest BCUT2D eigenvalue weighted by Gasteiger charge is -2.12. The minimum Gasteiger partial charge on any atom is -0.461 e. The van der Waals surface area contributed by atoms with Crippen molar-refractivity contribution in [1.82, 2.24) is 14.8 Å². The summed E-state index contributed by atoms with van der Waals surface area (Å²) in [6.07, 6.45) is 1.57. The molecule has 2 heterocycles. The molecule has 6 nitrogen and oxygen atoms in total. The van der Waals surface area contributed by atoms with E-state index in [1.165, 1.54) is 11.8 Å². The lowest BCUT2D eigenvalue weighted by atomic mass is 10.3. The number of halogens is 2. The van der Waals surface area contributed by atoms with E-state index in [4.69, 9.17) is 27.6 Å². The number of amides is 1. The smallest absolute Gasteiger partial charge is 0.237 e. The van der Waals surface area contributed by atoms with Gasteiger partial charge in [-0.15, -0.1) is 10.2 Å². The average molecular weight is 397 g/mol. The molecule has 2 aromatic heterocycles. The Labute approximate surface area is 158 Å². The van der Waals surface area contributed by atoms with E-state index in [0.29, 0.717) is 32.5 Å². The molecule has 130 valence electrons. The third kappa shape index (κ3) is 4.00. The third-order valence-corrected chi connectivity index (χ3v) is 5.11. The molecular weight excluding hydrogens is 383 g/mol. The second-order valence-electron chi connectivity index (χ2n) is 5.22. The van der Waals surface area contributed by atoms with E-state index < -0.39 is 5.25 Å². The first-order valence-corrected chi connectivity index (χ1v) is 8.95. The third-order valence-electron chi connectivity index (χ3n) is 3.41. The molecule has 25 heavy (non-hydrogen) atoms. The Kier molecular flexibility index (Phi) is 5.36. The molecule has 1 atom stereocenters. The zero-order valence-electron chi connectivity index (χ0n) is 13.4. The number of anilines is 1.